The molecular weight excluding hydrogens is 274 g/mol. The van der Waals surface area contributed by atoms with E-state index in [1.807, 2.05) is 0 Å². The molecule has 2 heterocycles. The summed E-state index contributed by atoms with van der Waals surface area (Å²) in [6.45, 7) is 7.51. The average molecular weight is 293 g/mol. The smallest absolute Gasteiger partial charge is 0.238 e. The highest BCUT2D eigenvalue weighted by Gasteiger charge is 2.22. The van der Waals surface area contributed by atoms with Crippen LogP contribution in [0.2, 0.25) is 0 Å². The molecule has 2 aromatic rings. The summed E-state index contributed by atoms with van der Waals surface area (Å²) >= 11 is 0. The third-order valence-corrected chi connectivity index (χ3v) is 2.77. The summed E-state index contributed by atoms with van der Waals surface area (Å²) in [7, 11) is 0. The third-order valence-electron chi connectivity index (χ3n) is 2.77. The van der Waals surface area contributed by atoms with Crippen molar-refractivity contribution in [3.8, 4) is 0 Å². The van der Waals surface area contributed by atoms with E-state index in [0.717, 1.165) is 0 Å². The topological polar surface area (TPSA) is 107 Å². The van der Waals surface area contributed by atoms with Crippen LogP contribution in [0.15, 0.2) is 8.94 Å². The summed E-state index contributed by atoms with van der Waals surface area (Å²) in [5, 5.41) is 14.4. The molecule has 21 heavy (non-hydrogen) atoms. The van der Waals surface area contributed by atoms with Gasteiger partial charge in [0.15, 0.2) is 5.82 Å². The van der Waals surface area contributed by atoms with E-state index in [9.17, 15) is 4.79 Å². The Morgan fingerprint density at radius 3 is 2.52 bits per heavy atom. The van der Waals surface area contributed by atoms with Crippen molar-refractivity contribution in [2.24, 2.45) is 5.92 Å². The van der Waals surface area contributed by atoms with Crippen LogP contribution in [-0.4, -0.2) is 26.2 Å². The van der Waals surface area contributed by atoms with Gasteiger partial charge in [-0.15, -0.1) is 10.2 Å². The summed E-state index contributed by atoms with van der Waals surface area (Å²) < 4.78 is 10.3. The van der Waals surface area contributed by atoms with Crippen LogP contribution >= 0.6 is 0 Å². The Bertz CT molecular complexity index is 604. The Balaban J connectivity index is 2.02. The first-order valence-corrected chi connectivity index (χ1v) is 6.82. The van der Waals surface area contributed by atoms with Gasteiger partial charge in [0.25, 0.3) is 0 Å². The molecule has 2 aromatic heterocycles. The first-order valence-electron chi connectivity index (χ1n) is 6.82. The Labute approximate surface area is 122 Å². The minimum absolute atomic E-state index is 0.0546. The van der Waals surface area contributed by atoms with Crippen LogP contribution in [0.5, 0.6) is 0 Å². The van der Waals surface area contributed by atoms with Gasteiger partial charge in [0.05, 0.1) is 6.42 Å². The van der Waals surface area contributed by atoms with Crippen molar-refractivity contribution < 1.29 is 13.7 Å². The fourth-order valence-electron chi connectivity index (χ4n) is 1.95. The molecule has 0 saturated heterocycles. The van der Waals surface area contributed by atoms with E-state index >= 15 is 0 Å². The molecule has 1 amide bonds. The molecule has 114 valence electrons. The highest BCUT2D eigenvalue weighted by atomic mass is 16.5. The first kappa shape index (κ1) is 15.1. The minimum atomic E-state index is -0.313. The average Bonchev–Trinajstić information content (AvgIpc) is 2.97. The number of nitrogens with one attached hydrogen (secondary N) is 1. The molecule has 8 heteroatoms. The van der Waals surface area contributed by atoms with Gasteiger partial charge in [-0.1, -0.05) is 19.0 Å². The molecule has 0 aliphatic heterocycles. The lowest BCUT2D eigenvalue weighted by Gasteiger charge is -2.16. The number of amides is 1. The molecule has 0 radical (unpaired) electrons. The normalized spacial score (nSPS) is 12.6. The lowest BCUT2D eigenvalue weighted by Crippen LogP contribution is -2.31. The van der Waals surface area contributed by atoms with Gasteiger partial charge < -0.3 is 14.3 Å². The van der Waals surface area contributed by atoms with Crippen LogP contribution < -0.4 is 5.32 Å². The summed E-state index contributed by atoms with van der Waals surface area (Å²) in [6.07, 6.45) is 0.762. The maximum Gasteiger partial charge on any atom is 0.238 e. The van der Waals surface area contributed by atoms with E-state index in [1.54, 1.807) is 13.8 Å². The number of aromatic nitrogens is 4. The van der Waals surface area contributed by atoms with Gasteiger partial charge in [-0.3, -0.25) is 4.79 Å². The fourth-order valence-corrected chi connectivity index (χ4v) is 1.95. The summed E-state index contributed by atoms with van der Waals surface area (Å²) in [5.74, 6) is 1.84. The van der Waals surface area contributed by atoms with E-state index < -0.39 is 0 Å². The molecule has 0 saturated carbocycles. The largest absolute Gasteiger partial charge is 0.423 e. The predicted molar refractivity (Wildman–Crippen MR) is 72.1 cm³/mol. The predicted octanol–water partition coefficient (Wildman–Crippen LogP) is 1.52. The summed E-state index contributed by atoms with van der Waals surface area (Å²) in [6, 6.07) is -0.313. The van der Waals surface area contributed by atoms with Gasteiger partial charge in [-0.2, -0.15) is 4.98 Å². The van der Waals surface area contributed by atoms with E-state index in [4.69, 9.17) is 8.94 Å². The van der Waals surface area contributed by atoms with Gasteiger partial charge in [-0.05, 0) is 12.3 Å². The number of rotatable bonds is 6. The van der Waals surface area contributed by atoms with Gasteiger partial charge >= 0.3 is 0 Å². The van der Waals surface area contributed by atoms with Crippen LogP contribution in [0.4, 0.5) is 0 Å². The molecule has 0 spiro atoms. The molecule has 0 fully saturated rings. The Morgan fingerprint density at radius 1 is 1.24 bits per heavy atom. The first-order chi connectivity index (χ1) is 9.94. The van der Waals surface area contributed by atoms with Crippen molar-refractivity contribution in [1.82, 2.24) is 25.7 Å². The Hall–Kier alpha value is -2.25. The van der Waals surface area contributed by atoms with Crippen molar-refractivity contribution in [3.63, 3.8) is 0 Å². The van der Waals surface area contributed by atoms with E-state index in [1.165, 1.54) is 0 Å². The molecule has 1 N–H and O–H groups in total. The van der Waals surface area contributed by atoms with E-state index in [0.29, 0.717) is 35.8 Å². The molecule has 2 rings (SSSR count). The van der Waals surface area contributed by atoms with Crippen molar-refractivity contribution in [1.29, 1.82) is 0 Å². The lowest BCUT2D eigenvalue weighted by atomic mass is 10.0. The van der Waals surface area contributed by atoms with E-state index in [-0.39, 0.29) is 18.4 Å². The molecule has 0 aromatic carbocycles. The Morgan fingerprint density at radius 2 is 2.00 bits per heavy atom. The highest BCUT2D eigenvalue weighted by Crippen LogP contribution is 2.20. The zero-order chi connectivity index (χ0) is 15.4. The SMILES string of the molecule is Cc1nc(CC(=O)NC(CC(C)C)c2nnc(C)o2)no1. The molecule has 0 aliphatic carbocycles. The zero-order valence-corrected chi connectivity index (χ0v) is 12.6. The summed E-state index contributed by atoms with van der Waals surface area (Å²) in [5.41, 5.74) is 0. The molecule has 0 aliphatic rings. The van der Waals surface area contributed by atoms with Gasteiger partial charge in [0, 0.05) is 13.8 Å². The maximum atomic E-state index is 12.1. The fraction of sp³-hybridized carbons (Fsp3) is 0.615. The number of aryl methyl sites for hydroxylation is 2. The van der Waals surface area contributed by atoms with Crippen molar-refractivity contribution >= 4 is 5.91 Å². The lowest BCUT2D eigenvalue weighted by molar-refractivity contribution is -0.121. The minimum Gasteiger partial charge on any atom is -0.423 e. The molecule has 0 bridgehead atoms. The molecular formula is C13H19N5O3. The van der Waals surface area contributed by atoms with Gasteiger partial charge in [-0.25, -0.2) is 0 Å². The molecule has 1 unspecified atom stereocenters. The standard InChI is InChI=1S/C13H19N5O3/c1-7(2)5-10(13-17-16-9(4)20-13)15-12(19)6-11-14-8(3)21-18-11/h7,10H,5-6H2,1-4H3,(H,15,19). The molecule has 1 atom stereocenters. The van der Waals surface area contributed by atoms with Crippen LogP contribution in [0.1, 0.15) is 49.8 Å². The maximum absolute atomic E-state index is 12.1. The molecule has 8 nitrogen and oxygen atoms in total. The van der Waals surface area contributed by atoms with Crippen LogP contribution in [0.3, 0.4) is 0 Å². The second-order valence-corrected chi connectivity index (χ2v) is 5.32. The van der Waals surface area contributed by atoms with E-state index in [2.05, 4.69) is 39.5 Å². The number of nitrogens with zero attached hydrogens (tertiary/aromatic N) is 4. The van der Waals surface area contributed by atoms with Gasteiger partial charge in [0.2, 0.25) is 23.6 Å². The summed E-state index contributed by atoms with van der Waals surface area (Å²) in [4.78, 5) is 16.1. The highest BCUT2D eigenvalue weighted by molar-refractivity contribution is 5.78. The van der Waals surface area contributed by atoms with Crippen LogP contribution in [0, 0.1) is 19.8 Å². The van der Waals surface area contributed by atoms with Crippen molar-refractivity contribution in [3.05, 3.63) is 23.5 Å². The number of carbonyl (C=O) groups is 1. The Kier molecular flexibility index (Phi) is 4.66. The van der Waals surface area contributed by atoms with Crippen molar-refractivity contribution in [2.45, 2.75) is 46.6 Å². The van der Waals surface area contributed by atoms with Gasteiger partial charge in [0.1, 0.15) is 6.04 Å². The number of hydrogen-bond donors (Lipinski definition) is 1. The van der Waals surface area contributed by atoms with Crippen molar-refractivity contribution in [2.75, 3.05) is 0 Å². The second kappa shape index (κ2) is 6.47. The van der Waals surface area contributed by atoms with Crippen LogP contribution in [0.25, 0.3) is 0 Å². The third kappa shape index (κ3) is 4.37. The monoisotopic (exact) mass is 293 g/mol. The number of hydrogen-bond acceptors (Lipinski definition) is 7. The quantitative estimate of drug-likeness (QED) is 0.860. The second-order valence-electron chi connectivity index (χ2n) is 5.32. The number of carbonyl (C=O) groups excluding carboxylic acids is 1. The zero-order valence-electron chi connectivity index (χ0n) is 12.6. The van der Waals surface area contributed by atoms with Crippen LogP contribution in [-0.2, 0) is 11.2 Å².